The van der Waals surface area contributed by atoms with E-state index in [1.165, 1.54) is 33.5 Å². The highest BCUT2D eigenvalue weighted by Gasteiger charge is 2.14. The lowest BCUT2D eigenvalue weighted by atomic mass is 10.1. The second-order valence-corrected chi connectivity index (χ2v) is 2.79. The molecule has 0 aliphatic rings. The second kappa shape index (κ2) is 4.54. The van der Waals surface area contributed by atoms with Crippen LogP contribution in [0.3, 0.4) is 0 Å². The number of hydrogen-bond donors (Lipinski definition) is 1. The van der Waals surface area contributed by atoms with Gasteiger partial charge in [-0.3, -0.25) is 0 Å². The van der Waals surface area contributed by atoms with Gasteiger partial charge in [0.15, 0.2) is 11.5 Å². The van der Waals surface area contributed by atoms with Crippen LogP contribution in [0.5, 0.6) is 11.5 Å². The highest BCUT2D eigenvalue weighted by atomic mass is 16.5. The molecule has 0 spiro atoms. The predicted octanol–water partition coefficient (Wildman–Crippen LogP) is 1.07. The van der Waals surface area contributed by atoms with Crippen molar-refractivity contribution in [1.82, 2.24) is 0 Å². The van der Waals surface area contributed by atoms with E-state index in [-0.39, 0.29) is 0 Å². The average Bonchev–Trinajstić information content (AvgIpc) is 2.26. The Morgan fingerprint density at radius 1 is 1.20 bits per heavy atom. The number of nitrogens with two attached hydrogens (primary N) is 1. The van der Waals surface area contributed by atoms with Crippen molar-refractivity contribution in [1.29, 1.82) is 0 Å². The minimum Gasteiger partial charge on any atom is -0.493 e. The summed E-state index contributed by atoms with van der Waals surface area (Å²) in [6, 6.07) is 2.99. The number of esters is 1. The van der Waals surface area contributed by atoms with Crippen LogP contribution in [-0.4, -0.2) is 27.3 Å². The van der Waals surface area contributed by atoms with Crippen molar-refractivity contribution < 1.29 is 19.0 Å². The molecule has 5 nitrogen and oxygen atoms in total. The van der Waals surface area contributed by atoms with Crippen molar-refractivity contribution in [2.45, 2.75) is 0 Å². The number of carbonyl (C=O) groups is 1. The summed E-state index contributed by atoms with van der Waals surface area (Å²) in [4.78, 5) is 11.3. The molecule has 0 aromatic heterocycles. The molecule has 0 radical (unpaired) electrons. The fourth-order valence-corrected chi connectivity index (χ4v) is 1.23. The number of hydrogen-bond acceptors (Lipinski definition) is 5. The van der Waals surface area contributed by atoms with Crippen molar-refractivity contribution in [3.63, 3.8) is 0 Å². The predicted molar refractivity (Wildman–Crippen MR) is 55.3 cm³/mol. The Morgan fingerprint density at radius 2 is 1.87 bits per heavy atom. The molecule has 0 saturated heterocycles. The molecule has 0 unspecified atom stereocenters. The second-order valence-electron chi connectivity index (χ2n) is 2.79. The Labute approximate surface area is 87.7 Å². The number of methoxy groups -OCH3 is 3. The van der Waals surface area contributed by atoms with Crippen LogP contribution < -0.4 is 15.2 Å². The lowest BCUT2D eigenvalue weighted by Crippen LogP contribution is -2.04. The van der Waals surface area contributed by atoms with Gasteiger partial charge in [-0.15, -0.1) is 0 Å². The summed E-state index contributed by atoms with van der Waals surface area (Å²) in [6.45, 7) is 0. The summed E-state index contributed by atoms with van der Waals surface area (Å²) in [7, 11) is 4.25. The number of nitrogen functional groups attached to an aromatic ring is 1. The standard InChI is InChI=1S/C10H13NO4/c1-13-8-5-6(10(12)15-3)4-7(11)9(8)14-2/h4-5H,11H2,1-3H3. The average molecular weight is 211 g/mol. The maximum atomic E-state index is 11.3. The normalized spacial score (nSPS) is 9.53. The van der Waals surface area contributed by atoms with Gasteiger partial charge in [0, 0.05) is 0 Å². The van der Waals surface area contributed by atoms with Gasteiger partial charge in [0.25, 0.3) is 0 Å². The van der Waals surface area contributed by atoms with Crippen LogP contribution in [-0.2, 0) is 4.74 Å². The maximum absolute atomic E-state index is 11.3. The van der Waals surface area contributed by atoms with Crippen molar-refractivity contribution in [2.75, 3.05) is 27.1 Å². The van der Waals surface area contributed by atoms with Crippen LogP contribution in [0.25, 0.3) is 0 Å². The zero-order valence-electron chi connectivity index (χ0n) is 8.87. The largest absolute Gasteiger partial charge is 0.493 e. The summed E-state index contributed by atoms with van der Waals surface area (Å²) in [5.74, 6) is 0.339. The molecule has 0 amide bonds. The summed E-state index contributed by atoms with van der Waals surface area (Å²) < 4.78 is 14.6. The fraction of sp³-hybridized carbons (Fsp3) is 0.300. The number of carbonyl (C=O) groups excluding carboxylic acids is 1. The molecular formula is C10H13NO4. The zero-order valence-corrected chi connectivity index (χ0v) is 8.87. The number of anilines is 1. The minimum atomic E-state index is -0.470. The van der Waals surface area contributed by atoms with Gasteiger partial charge in [-0.2, -0.15) is 0 Å². The monoisotopic (exact) mass is 211 g/mol. The molecule has 2 N–H and O–H groups in total. The molecule has 0 aliphatic carbocycles. The first kappa shape index (κ1) is 11.2. The first-order valence-corrected chi connectivity index (χ1v) is 4.23. The molecule has 0 aliphatic heterocycles. The Hall–Kier alpha value is -1.91. The number of ether oxygens (including phenoxy) is 3. The van der Waals surface area contributed by atoms with Crippen LogP contribution in [0.2, 0.25) is 0 Å². The fourth-order valence-electron chi connectivity index (χ4n) is 1.23. The Morgan fingerprint density at radius 3 is 2.33 bits per heavy atom. The molecule has 15 heavy (non-hydrogen) atoms. The van der Waals surface area contributed by atoms with E-state index in [4.69, 9.17) is 15.2 Å². The Balaban J connectivity index is 3.25. The Bertz CT molecular complexity index is 376. The van der Waals surface area contributed by atoms with Crippen LogP contribution in [0.15, 0.2) is 12.1 Å². The van der Waals surface area contributed by atoms with Gasteiger partial charge in [0.05, 0.1) is 32.6 Å². The van der Waals surface area contributed by atoms with Gasteiger partial charge in [-0.25, -0.2) is 4.79 Å². The molecule has 5 heteroatoms. The van der Waals surface area contributed by atoms with Crippen molar-refractivity contribution in [3.05, 3.63) is 17.7 Å². The van der Waals surface area contributed by atoms with Crippen molar-refractivity contribution in [3.8, 4) is 11.5 Å². The van der Waals surface area contributed by atoms with E-state index in [0.717, 1.165) is 0 Å². The van der Waals surface area contributed by atoms with E-state index < -0.39 is 5.97 Å². The van der Waals surface area contributed by atoms with E-state index in [1.54, 1.807) is 0 Å². The molecule has 1 aromatic carbocycles. The lowest BCUT2D eigenvalue weighted by molar-refractivity contribution is 0.0600. The summed E-state index contributed by atoms with van der Waals surface area (Å²) in [6.07, 6.45) is 0. The molecule has 0 atom stereocenters. The smallest absolute Gasteiger partial charge is 0.338 e. The number of benzene rings is 1. The molecule has 0 heterocycles. The molecule has 1 aromatic rings. The van der Waals surface area contributed by atoms with Crippen molar-refractivity contribution >= 4 is 11.7 Å². The summed E-state index contributed by atoms with van der Waals surface area (Å²) >= 11 is 0. The van der Waals surface area contributed by atoms with E-state index in [2.05, 4.69) is 4.74 Å². The van der Waals surface area contributed by atoms with Crippen LogP contribution in [0.1, 0.15) is 10.4 Å². The summed E-state index contributed by atoms with van der Waals surface area (Å²) in [5, 5.41) is 0. The first-order chi connectivity index (χ1) is 7.13. The third-order valence-corrected chi connectivity index (χ3v) is 1.93. The van der Waals surface area contributed by atoms with Gasteiger partial charge in [-0.1, -0.05) is 0 Å². The van der Waals surface area contributed by atoms with E-state index in [1.807, 2.05) is 0 Å². The van der Waals surface area contributed by atoms with Gasteiger partial charge < -0.3 is 19.9 Å². The zero-order chi connectivity index (χ0) is 11.4. The third kappa shape index (κ3) is 2.12. The SMILES string of the molecule is COC(=O)c1cc(N)c(OC)c(OC)c1. The van der Waals surface area contributed by atoms with Gasteiger partial charge in [0.2, 0.25) is 0 Å². The van der Waals surface area contributed by atoms with Crippen LogP contribution in [0.4, 0.5) is 5.69 Å². The summed E-state index contributed by atoms with van der Waals surface area (Å²) in [5.41, 5.74) is 6.35. The van der Waals surface area contributed by atoms with E-state index in [0.29, 0.717) is 22.7 Å². The molecular weight excluding hydrogens is 198 g/mol. The lowest BCUT2D eigenvalue weighted by Gasteiger charge is -2.11. The molecule has 0 fully saturated rings. The minimum absolute atomic E-state index is 0.327. The van der Waals surface area contributed by atoms with Gasteiger partial charge >= 0.3 is 5.97 Å². The van der Waals surface area contributed by atoms with Crippen LogP contribution in [0, 0.1) is 0 Å². The molecule has 0 bridgehead atoms. The van der Waals surface area contributed by atoms with Gasteiger partial charge in [0.1, 0.15) is 0 Å². The van der Waals surface area contributed by atoms with Crippen molar-refractivity contribution in [2.24, 2.45) is 0 Å². The Kier molecular flexibility index (Phi) is 3.38. The highest BCUT2D eigenvalue weighted by molar-refractivity contribution is 5.92. The van der Waals surface area contributed by atoms with Crippen LogP contribution >= 0.6 is 0 Å². The molecule has 1 rings (SSSR count). The van der Waals surface area contributed by atoms with E-state index >= 15 is 0 Å². The maximum Gasteiger partial charge on any atom is 0.338 e. The topological polar surface area (TPSA) is 70.8 Å². The molecule has 82 valence electrons. The number of rotatable bonds is 3. The quantitative estimate of drug-likeness (QED) is 0.598. The first-order valence-electron chi connectivity index (χ1n) is 4.23. The highest BCUT2D eigenvalue weighted by Crippen LogP contribution is 2.34. The van der Waals surface area contributed by atoms with Gasteiger partial charge in [-0.05, 0) is 12.1 Å². The third-order valence-electron chi connectivity index (χ3n) is 1.93. The molecule has 0 saturated carbocycles. The van der Waals surface area contributed by atoms with E-state index in [9.17, 15) is 4.79 Å².